The van der Waals surface area contributed by atoms with Crippen LogP contribution in [0.2, 0.25) is 0 Å². The van der Waals surface area contributed by atoms with E-state index in [0.717, 1.165) is 34.0 Å². The summed E-state index contributed by atoms with van der Waals surface area (Å²) in [7, 11) is 0. The van der Waals surface area contributed by atoms with Crippen molar-refractivity contribution >= 4 is 34.9 Å². The number of imide groups is 1. The standard InChI is InChI=1S/C26H22N2O3S/c1-2-28(25(30)21-8-4-3-5-9-21)17-19-7-6-10-22(15-19)20-13-11-18(12-14-20)16-23-24(29)27-26(31)32-23/h3-16H,2,17H2,1H3,(H,27,29,31). The fraction of sp³-hybridized carbons (Fsp3) is 0.115. The third-order valence-electron chi connectivity index (χ3n) is 5.17. The van der Waals surface area contributed by atoms with Crippen molar-refractivity contribution in [1.82, 2.24) is 10.2 Å². The van der Waals surface area contributed by atoms with Gasteiger partial charge in [-0.25, -0.2) is 0 Å². The van der Waals surface area contributed by atoms with Gasteiger partial charge in [0.25, 0.3) is 17.1 Å². The first kappa shape index (κ1) is 21.6. The molecule has 0 bridgehead atoms. The highest BCUT2D eigenvalue weighted by Crippen LogP contribution is 2.27. The van der Waals surface area contributed by atoms with Crippen LogP contribution in [-0.2, 0) is 11.3 Å². The number of rotatable bonds is 6. The van der Waals surface area contributed by atoms with Crippen LogP contribution in [0, 0.1) is 0 Å². The van der Waals surface area contributed by atoms with Crippen LogP contribution in [0.3, 0.4) is 0 Å². The van der Waals surface area contributed by atoms with Crippen LogP contribution < -0.4 is 5.32 Å². The molecule has 0 aromatic heterocycles. The molecule has 160 valence electrons. The van der Waals surface area contributed by atoms with E-state index < -0.39 is 0 Å². The predicted molar refractivity (Wildman–Crippen MR) is 128 cm³/mol. The molecule has 3 amide bonds. The number of carbonyl (C=O) groups excluding carboxylic acids is 3. The summed E-state index contributed by atoms with van der Waals surface area (Å²) in [6.07, 6.45) is 1.71. The third kappa shape index (κ3) is 4.98. The van der Waals surface area contributed by atoms with E-state index in [4.69, 9.17) is 0 Å². The van der Waals surface area contributed by atoms with Crippen molar-refractivity contribution in [3.63, 3.8) is 0 Å². The molecule has 4 rings (SSSR count). The van der Waals surface area contributed by atoms with E-state index in [2.05, 4.69) is 11.4 Å². The van der Waals surface area contributed by atoms with Crippen LogP contribution in [0.1, 0.15) is 28.4 Å². The van der Waals surface area contributed by atoms with E-state index >= 15 is 0 Å². The lowest BCUT2D eigenvalue weighted by atomic mass is 10.0. The summed E-state index contributed by atoms with van der Waals surface area (Å²) < 4.78 is 0. The molecule has 1 N–H and O–H groups in total. The Kier molecular flexibility index (Phi) is 6.52. The van der Waals surface area contributed by atoms with Gasteiger partial charge in [-0.2, -0.15) is 0 Å². The molecule has 3 aromatic rings. The molecule has 1 heterocycles. The van der Waals surface area contributed by atoms with Gasteiger partial charge in [-0.05, 0) is 65.2 Å². The number of amides is 3. The molecule has 0 atom stereocenters. The first-order valence-electron chi connectivity index (χ1n) is 10.3. The third-order valence-corrected chi connectivity index (χ3v) is 5.98. The largest absolute Gasteiger partial charge is 0.335 e. The average Bonchev–Trinajstić information content (AvgIpc) is 3.14. The van der Waals surface area contributed by atoms with E-state index in [1.165, 1.54) is 0 Å². The van der Waals surface area contributed by atoms with Gasteiger partial charge >= 0.3 is 0 Å². The fourth-order valence-corrected chi connectivity index (χ4v) is 4.19. The predicted octanol–water partition coefficient (Wildman–Crippen LogP) is 5.34. The Labute approximate surface area is 191 Å². The number of nitrogens with one attached hydrogen (secondary N) is 1. The Bertz CT molecular complexity index is 1190. The highest BCUT2D eigenvalue weighted by atomic mass is 32.2. The van der Waals surface area contributed by atoms with Crippen molar-refractivity contribution in [2.24, 2.45) is 0 Å². The zero-order valence-electron chi connectivity index (χ0n) is 17.6. The molecule has 0 radical (unpaired) electrons. The lowest BCUT2D eigenvalue weighted by Crippen LogP contribution is -2.30. The van der Waals surface area contributed by atoms with Gasteiger partial charge in [0.1, 0.15) is 0 Å². The molecule has 6 heteroatoms. The number of hydrogen-bond donors (Lipinski definition) is 1. The van der Waals surface area contributed by atoms with Gasteiger partial charge in [0.05, 0.1) is 4.91 Å². The maximum Gasteiger partial charge on any atom is 0.290 e. The van der Waals surface area contributed by atoms with Gasteiger partial charge < -0.3 is 4.90 Å². The summed E-state index contributed by atoms with van der Waals surface area (Å²) in [5.41, 5.74) is 4.67. The molecule has 1 aliphatic rings. The molecule has 5 nitrogen and oxygen atoms in total. The molecule has 0 aliphatic carbocycles. The van der Waals surface area contributed by atoms with Crippen LogP contribution in [0.25, 0.3) is 17.2 Å². The SMILES string of the molecule is CCN(Cc1cccc(-c2ccc(C=C3SC(=O)NC3=O)cc2)c1)C(=O)c1ccccc1. The highest BCUT2D eigenvalue weighted by molar-refractivity contribution is 8.18. The van der Waals surface area contributed by atoms with Crippen molar-refractivity contribution in [1.29, 1.82) is 0 Å². The van der Waals surface area contributed by atoms with Gasteiger partial charge in [0, 0.05) is 18.7 Å². The van der Waals surface area contributed by atoms with Gasteiger partial charge in [0.15, 0.2) is 0 Å². The monoisotopic (exact) mass is 442 g/mol. The maximum atomic E-state index is 12.8. The molecular weight excluding hydrogens is 420 g/mol. The highest BCUT2D eigenvalue weighted by Gasteiger charge is 2.24. The summed E-state index contributed by atoms with van der Waals surface area (Å²) in [4.78, 5) is 38.1. The minimum absolute atomic E-state index is 0.0168. The van der Waals surface area contributed by atoms with E-state index in [9.17, 15) is 14.4 Å². The molecular formula is C26H22N2O3S. The number of benzene rings is 3. The molecule has 32 heavy (non-hydrogen) atoms. The van der Waals surface area contributed by atoms with E-state index in [-0.39, 0.29) is 17.1 Å². The summed E-state index contributed by atoms with van der Waals surface area (Å²) in [6, 6.07) is 25.3. The van der Waals surface area contributed by atoms with Crippen molar-refractivity contribution in [3.8, 4) is 11.1 Å². The van der Waals surface area contributed by atoms with E-state index in [1.54, 1.807) is 6.08 Å². The van der Waals surface area contributed by atoms with Crippen LogP contribution in [0.4, 0.5) is 4.79 Å². The first-order chi connectivity index (χ1) is 15.5. The Morgan fingerprint density at radius 1 is 0.938 bits per heavy atom. The molecule has 1 saturated heterocycles. The molecule has 0 saturated carbocycles. The van der Waals surface area contributed by atoms with Crippen molar-refractivity contribution in [2.45, 2.75) is 13.5 Å². The second kappa shape index (κ2) is 9.66. The lowest BCUT2D eigenvalue weighted by Gasteiger charge is -2.21. The lowest BCUT2D eigenvalue weighted by molar-refractivity contribution is -0.115. The molecule has 1 fully saturated rings. The van der Waals surface area contributed by atoms with Crippen molar-refractivity contribution in [3.05, 3.63) is 100 Å². The zero-order valence-corrected chi connectivity index (χ0v) is 18.4. The number of thioether (sulfide) groups is 1. The van der Waals surface area contributed by atoms with Gasteiger partial charge in [-0.15, -0.1) is 0 Å². The van der Waals surface area contributed by atoms with Gasteiger partial charge in [0.2, 0.25) is 0 Å². The van der Waals surface area contributed by atoms with Crippen molar-refractivity contribution in [2.75, 3.05) is 6.54 Å². The number of carbonyl (C=O) groups is 3. The molecule has 3 aromatic carbocycles. The number of hydrogen-bond acceptors (Lipinski definition) is 4. The molecule has 0 unspecified atom stereocenters. The fourth-order valence-electron chi connectivity index (χ4n) is 3.50. The average molecular weight is 443 g/mol. The maximum absolute atomic E-state index is 12.8. The van der Waals surface area contributed by atoms with E-state index in [1.807, 2.05) is 84.6 Å². The summed E-state index contributed by atoms with van der Waals surface area (Å²) in [5, 5.41) is 1.91. The zero-order chi connectivity index (χ0) is 22.5. The Morgan fingerprint density at radius 3 is 2.34 bits per heavy atom. The van der Waals surface area contributed by atoms with Crippen LogP contribution >= 0.6 is 11.8 Å². The van der Waals surface area contributed by atoms with Crippen LogP contribution in [0.5, 0.6) is 0 Å². The van der Waals surface area contributed by atoms with Crippen LogP contribution in [0.15, 0.2) is 83.8 Å². The minimum Gasteiger partial charge on any atom is -0.335 e. The normalized spacial score (nSPS) is 14.5. The van der Waals surface area contributed by atoms with Crippen molar-refractivity contribution < 1.29 is 14.4 Å². The molecule has 1 aliphatic heterocycles. The van der Waals surface area contributed by atoms with Crippen LogP contribution in [-0.4, -0.2) is 28.5 Å². The first-order valence-corrected chi connectivity index (χ1v) is 11.1. The summed E-state index contributed by atoms with van der Waals surface area (Å²) in [5.74, 6) is -0.342. The topological polar surface area (TPSA) is 66.5 Å². The van der Waals surface area contributed by atoms with Gasteiger partial charge in [-0.3, -0.25) is 19.7 Å². The second-order valence-electron chi connectivity index (χ2n) is 7.36. The Hall–Kier alpha value is -3.64. The quantitative estimate of drug-likeness (QED) is 0.523. The Morgan fingerprint density at radius 2 is 1.69 bits per heavy atom. The van der Waals surface area contributed by atoms with Gasteiger partial charge in [-0.1, -0.05) is 60.7 Å². The smallest absolute Gasteiger partial charge is 0.290 e. The summed E-state index contributed by atoms with van der Waals surface area (Å²) >= 11 is 0.909. The Balaban J connectivity index is 1.50. The number of nitrogens with zero attached hydrogens (tertiary/aromatic N) is 1. The summed E-state index contributed by atoms with van der Waals surface area (Å²) in [6.45, 7) is 3.13. The minimum atomic E-state index is -0.359. The molecule has 0 spiro atoms. The second-order valence-corrected chi connectivity index (χ2v) is 8.37. The van der Waals surface area contributed by atoms with E-state index in [0.29, 0.717) is 23.6 Å².